The van der Waals surface area contributed by atoms with Gasteiger partial charge in [-0.1, -0.05) is 0 Å². The average molecular weight is 263 g/mol. The molecule has 0 aliphatic heterocycles. The van der Waals surface area contributed by atoms with Crippen molar-refractivity contribution in [3.05, 3.63) is 23.3 Å². The Morgan fingerprint density at radius 2 is 2.00 bits per heavy atom. The van der Waals surface area contributed by atoms with E-state index in [1.165, 1.54) is 0 Å². The molecule has 0 aromatic heterocycles. The van der Waals surface area contributed by atoms with Crippen molar-refractivity contribution >= 4 is 5.78 Å². The first kappa shape index (κ1) is 13.9. The van der Waals surface area contributed by atoms with Crippen LogP contribution in [0.5, 0.6) is 11.5 Å². The van der Waals surface area contributed by atoms with E-state index in [0.717, 1.165) is 24.9 Å². The van der Waals surface area contributed by atoms with Crippen molar-refractivity contribution in [2.45, 2.75) is 19.8 Å². The van der Waals surface area contributed by atoms with Crippen LogP contribution in [0, 0.1) is 12.3 Å². The van der Waals surface area contributed by atoms with Crippen LogP contribution in [0.25, 0.3) is 0 Å². The number of rotatable bonds is 6. The molecule has 0 spiro atoms. The summed E-state index contributed by atoms with van der Waals surface area (Å²) in [6.07, 6.45) is 1.89. The molecule has 0 unspecified atom stereocenters. The highest BCUT2D eigenvalue weighted by atomic mass is 16.5. The van der Waals surface area contributed by atoms with Crippen LogP contribution < -0.4 is 14.8 Å². The molecule has 0 saturated heterocycles. The molecule has 1 aliphatic carbocycles. The zero-order chi connectivity index (χ0) is 14.0. The van der Waals surface area contributed by atoms with E-state index in [-0.39, 0.29) is 11.2 Å². The second-order valence-corrected chi connectivity index (χ2v) is 5.16. The predicted molar refractivity (Wildman–Crippen MR) is 74.2 cm³/mol. The van der Waals surface area contributed by atoms with Gasteiger partial charge in [-0.25, -0.2) is 0 Å². The normalized spacial score (nSPS) is 16.0. The number of hydrogen-bond donors (Lipinski definition) is 1. The zero-order valence-electron chi connectivity index (χ0n) is 12.0. The third-order valence-corrected chi connectivity index (χ3v) is 3.81. The summed E-state index contributed by atoms with van der Waals surface area (Å²) in [6.45, 7) is 2.65. The molecule has 0 bridgehead atoms. The maximum atomic E-state index is 12.8. The number of methoxy groups -OCH3 is 2. The van der Waals surface area contributed by atoms with Crippen molar-refractivity contribution in [2.24, 2.45) is 5.41 Å². The fourth-order valence-corrected chi connectivity index (χ4v) is 2.53. The Bertz CT molecular complexity index is 492. The van der Waals surface area contributed by atoms with Crippen molar-refractivity contribution in [3.63, 3.8) is 0 Å². The number of carbonyl (C=O) groups excluding carboxylic acids is 1. The van der Waals surface area contributed by atoms with Gasteiger partial charge in [0.25, 0.3) is 0 Å². The van der Waals surface area contributed by atoms with Crippen LogP contribution in [0.3, 0.4) is 0 Å². The summed E-state index contributed by atoms with van der Waals surface area (Å²) in [7, 11) is 5.08. The lowest BCUT2D eigenvalue weighted by molar-refractivity contribution is 0.0896. The van der Waals surface area contributed by atoms with Gasteiger partial charge in [-0.05, 0) is 38.4 Å². The summed E-state index contributed by atoms with van der Waals surface area (Å²) in [5.41, 5.74) is 1.36. The third kappa shape index (κ3) is 2.45. The highest BCUT2D eigenvalue weighted by Crippen LogP contribution is 2.49. The van der Waals surface area contributed by atoms with Gasteiger partial charge < -0.3 is 14.8 Å². The van der Waals surface area contributed by atoms with E-state index < -0.39 is 0 Å². The number of ketones is 1. The zero-order valence-corrected chi connectivity index (χ0v) is 12.0. The molecule has 1 saturated carbocycles. The second kappa shape index (κ2) is 5.21. The third-order valence-electron chi connectivity index (χ3n) is 3.81. The number of carbonyl (C=O) groups is 1. The van der Waals surface area contributed by atoms with Crippen molar-refractivity contribution < 1.29 is 14.3 Å². The second-order valence-electron chi connectivity index (χ2n) is 5.16. The summed E-state index contributed by atoms with van der Waals surface area (Å²) in [5, 5.41) is 3.11. The highest BCUT2D eigenvalue weighted by Gasteiger charge is 2.50. The van der Waals surface area contributed by atoms with E-state index in [1.54, 1.807) is 20.3 Å². The monoisotopic (exact) mass is 263 g/mol. The molecule has 1 aromatic carbocycles. The minimum atomic E-state index is -0.235. The maximum absolute atomic E-state index is 12.8. The minimum absolute atomic E-state index is 0.179. The van der Waals surface area contributed by atoms with Gasteiger partial charge in [0, 0.05) is 18.0 Å². The Balaban J connectivity index is 2.42. The van der Waals surface area contributed by atoms with E-state index in [2.05, 4.69) is 5.32 Å². The van der Waals surface area contributed by atoms with Crippen molar-refractivity contribution in [2.75, 3.05) is 27.8 Å². The fourth-order valence-electron chi connectivity index (χ4n) is 2.53. The van der Waals surface area contributed by atoms with Crippen LogP contribution >= 0.6 is 0 Å². The van der Waals surface area contributed by atoms with E-state index in [0.29, 0.717) is 17.1 Å². The Kier molecular flexibility index (Phi) is 3.80. The van der Waals surface area contributed by atoms with Gasteiger partial charge in [0.2, 0.25) is 0 Å². The van der Waals surface area contributed by atoms with Gasteiger partial charge in [0.15, 0.2) is 5.78 Å². The van der Waals surface area contributed by atoms with E-state index in [9.17, 15) is 4.79 Å². The largest absolute Gasteiger partial charge is 0.497 e. The molecule has 0 heterocycles. The Morgan fingerprint density at radius 1 is 1.32 bits per heavy atom. The molecule has 4 nitrogen and oxygen atoms in total. The van der Waals surface area contributed by atoms with Crippen LogP contribution in [0.15, 0.2) is 12.1 Å². The number of benzene rings is 1. The van der Waals surface area contributed by atoms with Gasteiger partial charge in [0.05, 0.1) is 19.8 Å². The number of Topliss-reactive ketones (excluding diaryl/α,β-unsaturated/α-hetero) is 1. The minimum Gasteiger partial charge on any atom is -0.497 e. The number of hydrogen-bond acceptors (Lipinski definition) is 4. The average Bonchev–Trinajstić information content (AvgIpc) is 3.18. The van der Waals surface area contributed by atoms with Gasteiger partial charge in [-0.2, -0.15) is 0 Å². The van der Waals surface area contributed by atoms with Crippen molar-refractivity contribution in [3.8, 4) is 11.5 Å². The molecule has 19 heavy (non-hydrogen) atoms. The first-order chi connectivity index (χ1) is 9.07. The molecular weight excluding hydrogens is 242 g/mol. The van der Waals surface area contributed by atoms with Crippen LogP contribution in [-0.4, -0.2) is 33.6 Å². The molecule has 0 radical (unpaired) electrons. The number of ether oxygens (including phenoxy) is 2. The molecule has 0 amide bonds. The van der Waals surface area contributed by atoms with Crippen LogP contribution in [0.1, 0.15) is 28.8 Å². The first-order valence-electron chi connectivity index (χ1n) is 6.50. The van der Waals surface area contributed by atoms with E-state index in [1.807, 2.05) is 20.0 Å². The Labute approximate surface area is 114 Å². The molecule has 2 rings (SSSR count). The Morgan fingerprint density at radius 3 is 2.47 bits per heavy atom. The summed E-state index contributed by atoms with van der Waals surface area (Å²) >= 11 is 0. The molecule has 1 fully saturated rings. The van der Waals surface area contributed by atoms with Crippen LogP contribution in [0.2, 0.25) is 0 Å². The van der Waals surface area contributed by atoms with Gasteiger partial charge in [-0.3, -0.25) is 4.79 Å². The topological polar surface area (TPSA) is 47.6 Å². The molecule has 0 atom stereocenters. The molecule has 1 aliphatic rings. The molecule has 104 valence electrons. The lowest BCUT2D eigenvalue weighted by Gasteiger charge is -2.18. The van der Waals surface area contributed by atoms with Gasteiger partial charge in [-0.15, -0.1) is 0 Å². The van der Waals surface area contributed by atoms with E-state index >= 15 is 0 Å². The SMILES string of the molecule is CNCC1(C(=O)c2c(C)cc(OC)cc2OC)CC1. The molecular formula is C15H21NO3. The Hall–Kier alpha value is -1.55. The smallest absolute Gasteiger partial charge is 0.174 e. The quantitative estimate of drug-likeness (QED) is 0.799. The van der Waals surface area contributed by atoms with E-state index in [4.69, 9.17) is 9.47 Å². The van der Waals surface area contributed by atoms with Gasteiger partial charge in [0.1, 0.15) is 11.5 Å². The van der Waals surface area contributed by atoms with Crippen molar-refractivity contribution in [1.29, 1.82) is 0 Å². The maximum Gasteiger partial charge on any atom is 0.174 e. The first-order valence-corrected chi connectivity index (χ1v) is 6.50. The molecule has 1 aromatic rings. The highest BCUT2D eigenvalue weighted by molar-refractivity contribution is 6.05. The predicted octanol–water partition coefficient (Wildman–Crippen LogP) is 2.19. The van der Waals surface area contributed by atoms with Crippen molar-refractivity contribution in [1.82, 2.24) is 5.32 Å². The number of nitrogens with one attached hydrogen (secondary N) is 1. The molecule has 1 N–H and O–H groups in total. The lowest BCUT2D eigenvalue weighted by atomic mass is 9.91. The summed E-state index contributed by atoms with van der Waals surface area (Å²) in [5.74, 6) is 1.49. The summed E-state index contributed by atoms with van der Waals surface area (Å²) in [6, 6.07) is 3.65. The summed E-state index contributed by atoms with van der Waals surface area (Å²) in [4.78, 5) is 12.8. The number of aryl methyl sites for hydroxylation is 1. The van der Waals surface area contributed by atoms with Crippen LogP contribution in [-0.2, 0) is 0 Å². The standard InChI is InChI=1S/C15H21NO3/c1-10-7-11(18-3)8-12(19-4)13(10)14(17)15(5-6-15)9-16-2/h7-8,16H,5-6,9H2,1-4H3. The summed E-state index contributed by atoms with van der Waals surface area (Å²) < 4.78 is 10.6. The van der Waals surface area contributed by atoms with Crippen LogP contribution in [0.4, 0.5) is 0 Å². The molecule has 4 heteroatoms. The van der Waals surface area contributed by atoms with Gasteiger partial charge >= 0.3 is 0 Å². The fraction of sp³-hybridized carbons (Fsp3) is 0.533. The lowest BCUT2D eigenvalue weighted by Crippen LogP contribution is -2.28.